The van der Waals surface area contributed by atoms with E-state index in [9.17, 15) is 22.8 Å². The Morgan fingerprint density at radius 2 is 1.13 bits per heavy atom. The normalized spacial score (nSPS) is 13.1. The third kappa shape index (κ3) is 8.93. The molecule has 0 spiro atoms. The summed E-state index contributed by atoms with van der Waals surface area (Å²) < 4.78 is 49.2. The summed E-state index contributed by atoms with van der Waals surface area (Å²) in [5, 5.41) is 7.50. The van der Waals surface area contributed by atoms with Crippen LogP contribution in [0.25, 0.3) is 0 Å². The van der Waals surface area contributed by atoms with Gasteiger partial charge in [0.1, 0.15) is 11.5 Å². The molecule has 0 fully saturated rings. The van der Waals surface area contributed by atoms with E-state index in [1.165, 1.54) is 36.4 Å². The SMILES string of the molecule is N=C[C@H](OC(=O)c1ccccc1)[C@H](OC(=O)c1ccccc1)[C@@H](COC(=O)c1ccccc1)OS(=O)(=O)c1cc(Cl)c(Cl)cc1Cl. The van der Waals surface area contributed by atoms with Crippen LogP contribution < -0.4 is 0 Å². The lowest BCUT2D eigenvalue weighted by Gasteiger charge is -2.30. The van der Waals surface area contributed by atoms with E-state index in [4.69, 9.17) is 58.6 Å². The Bertz CT molecular complexity index is 1810. The number of carbonyl (C=O) groups excluding carboxylic acids is 3. The molecule has 0 saturated carbocycles. The van der Waals surface area contributed by atoms with E-state index in [-0.39, 0.29) is 31.8 Å². The van der Waals surface area contributed by atoms with E-state index >= 15 is 0 Å². The first-order valence-corrected chi connectivity index (χ1v) is 15.9. The first-order chi connectivity index (χ1) is 22.0. The monoisotopic (exact) mass is 703 g/mol. The predicted molar refractivity (Wildman–Crippen MR) is 170 cm³/mol. The van der Waals surface area contributed by atoms with Gasteiger partial charge in [0.25, 0.3) is 10.1 Å². The molecular weight excluding hydrogens is 681 g/mol. The number of esters is 3. The zero-order valence-corrected chi connectivity index (χ0v) is 26.6. The fourth-order valence-corrected chi connectivity index (χ4v) is 6.03. The van der Waals surface area contributed by atoms with Gasteiger partial charge in [-0.05, 0) is 48.5 Å². The van der Waals surface area contributed by atoms with Crippen molar-refractivity contribution < 1.29 is 41.2 Å². The summed E-state index contributed by atoms with van der Waals surface area (Å²) in [6.45, 7) is -0.855. The van der Waals surface area contributed by atoms with Crippen molar-refractivity contribution in [2.45, 2.75) is 23.2 Å². The Kier molecular flexibility index (Phi) is 11.9. The topological polar surface area (TPSA) is 146 Å². The lowest BCUT2D eigenvalue weighted by atomic mass is 10.1. The number of halogens is 3. The number of carbonyl (C=O) groups is 3. The predicted octanol–water partition coefficient (Wildman–Crippen LogP) is 6.68. The van der Waals surface area contributed by atoms with E-state index < -0.39 is 57.8 Å². The highest BCUT2D eigenvalue weighted by atomic mass is 35.5. The van der Waals surface area contributed by atoms with Crippen molar-refractivity contribution in [3.8, 4) is 0 Å². The minimum Gasteiger partial charge on any atom is -0.459 e. The molecule has 4 aromatic rings. The number of ether oxygens (including phenoxy) is 3. The zero-order valence-electron chi connectivity index (χ0n) is 23.5. The Morgan fingerprint density at radius 1 is 0.674 bits per heavy atom. The Balaban J connectivity index is 1.76. The number of hydrogen-bond acceptors (Lipinski definition) is 10. The molecule has 0 radical (unpaired) electrons. The van der Waals surface area contributed by atoms with Gasteiger partial charge in [-0.1, -0.05) is 89.4 Å². The number of benzene rings is 4. The molecule has 0 aliphatic rings. The van der Waals surface area contributed by atoms with Gasteiger partial charge in [-0.25, -0.2) is 14.4 Å². The van der Waals surface area contributed by atoms with Crippen molar-refractivity contribution in [2.75, 3.05) is 6.61 Å². The highest BCUT2D eigenvalue weighted by Crippen LogP contribution is 2.33. The van der Waals surface area contributed by atoms with Crippen LogP contribution in [0, 0.1) is 5.41 Å². The molecule has 0 amide bonds. The van der Waals surface area contributed by atoms with Gasteiger partial charge in [0.15, 0.2) is 18.3 Å². The minimum atomic E-state index is -4.88. The standard InChI is InChI=1S/C32H24Cl3NO9S/c33-23-16-25(35)28(17-24(23)34)46(40,41)45-27(19-42-30(37)20-10-4-1-5-11-20)29(44-32(39)22-14-8-3-9-15-22)26(18-36)43-31(38)21-12-6-2-7-13-21/h1-18,26-27,29,36H,19H2/t26-,27+,29-/m0/s1. The van der Waals surface area contributed by atoms with Crippen LogP contribution in [0.4, 0.5) is 0 Å². The van der Waals surface area contributed by atoms with Gasteiger partial charge in [0, 0.05) is 6.21 Å². The molecule has 4 aromatic carbocycles. The molecule has 0 aromatic heterocycles. The summed E-state index contributed by atoms with van der Waals surface area (Å²) in [6.07, 6.45) is -4.87. The number of nitrogens with one attached hydrogen (secondary N) is 1. The molecule has 0 bridgehead atoms. The minimum absolute atomic E-state index is 0.0367. The van der Waals surface area contributed by atoms with Crippen LogP contribution in [0.5, 0.6) is 0 Å². The van der Waals surface area contributed by atoms with Crippen molar-refractivity contribution in [1.82, 2.24) is 0 Å². The Morgan fingerprint density at radius 3 is 1.63 bits per heavy atom. The van der Waals surface area contributed by atoms with Gasteiger partial charge >= 0.3 is 17.9 Å². The van der Waals surface area contributed by atoms with Gasteiger partial charge in [0.2, 0.25) is 0 Å². The number of hydrogen-bond donors (Lipinski definition) is 1. The second-order valence-electron chi connectivity index (χ2n) is 9.39. The van der Waals surface area contributed by atoms with Gasteiger partial charge in [-0.3, -0.25) is 4.18 Å². The van der Waals surface area contributed by atoms with Gasteiger partial charge in [-0.15, -0.1) is 0 Å². The van der Waals surface area contributed by atoms with Crippen LogP contribution >= 0.6 is 34.8 Å². The van der Waals surface area contributed by atoms with Gasteiger partial charge in [-0.2, -0.15) is 8.42 Å². The summed E-state index contributed by atoms with van der Waals surface area (Å²) in [4.78, 5) is 38.5. The van der Waals surface area contributed by atoms with Gasteiger partial charge < -0.3 is 19.6 Å². The average molecular weight is 705 g/mol. The summed E-state index contributed by atoms with van der Waals surface area (Å²) in [5.41, 5.74) is 0.250. The highest BCUT2D eigenvalue weighted by molar-refractivity contribution is 7.87. The lowest BCUT2D eigenvalue weighted by Crippen LogP contribution is -2.48. The maximum atomic E-state index is 13.6. The Labute approximate surface area is 279 Å². The maximum Gasteiger partial charge on any atom is 0.338 e. The van der Waals surface area contributed by atoms with Crippen LogP contribution in [0.2, 0.25) is 15.1 Å². The van der Waals surface area contributed by atoms with Crippen molar-refractivity contribution in [2.24, 2.45) is 0 Å². The third-order valence-electron chi connectivity index (χ3n) is 6.24. The number of rotatable bonds is 13. The van der Waals surface area contributed by atoms with Crippen molar-refractivity contribution >= 4 is 69.0 Å². The smallest absolute Gasteiger partial charge is 0.338 e. The summed E-state index contributed by atoms with van der Waals surface area (Å²) in [7, 11) is -4.88. The summed E-state index contributed by atoms with van der Waals surface area (Å²) >= 11 is 18.2. The maximum absolute atomic E-state index is 13.6. The quantitative estimate of drug-likeness (QED) is 0.0530. The fourth-order valence-electron chi connectivity index (χ4n) is 3.99. The van der Waals surface area contributed by atoms with Crippen molar-refractivity contribution in [1.29, 1.82) is 5.41 Å². The lowest BCUT2D eigenvalue weighted by molar-refractivity contribution is -0.0681. The van der Waals surface area contributed by atoms with Crippen LogP contribution in [0.15, 0.2) is 108 Å². The van der Waals surface area contributed by atoms with Crippen LogP contribution in [0.1, 0.15) is 31.1 Å². The average Bonchev–Trinajstić information content (AvgIpc) is 3.07. The van der Waals surface area contributed by atoms with Crippen LogP contribution in [0.3, 0.4) is 0 Å². The molecular formula is C32H24Cl3NO9S. The molecule has 4 rings (SSSR count). The first-order valence-electron chi connectivity index (χ1n) is 13.3. The molecule has 0 unspecified atom stereocenters. The first kappa shape index (κ1) is 34.6. The van der Waals surface area contributed by atoms with Crippen LogP contribution in [-0.4, -0.2) is 57.5 Å². The van der Waals surface area contributed by atoms with E-state index in [1.807, 2.05) is 0 Å². The molecule has 1 N–H and O–H groups in total. The molecule has 10 nitrogen and oxygen atoms in total. The molecule has 0 aliphatic carbocycles. The van der Waals surface area contributed by atoms with E-state index in [0.29, 0.717) is 6.21 Å². The third-order valence-corrected chi connectivity index (χ3v) is 8.77. The van der Waals surface area contributed by atoms with E-state index in [1.54, 1.807) is 54.6 Å². The second-order valence-corrected chi connectivity index (χ2v) is 12.2. The molecule has 0 saturated heterocycles. The largest absolute Gasteiger partial charge is 0.459 e. The molecule has 0 heterocycles. The fraction of sp³-hybridized carbons (Fsp3) is 0.125. The molecule has 3 atom stereocenters. The molecule has 0 aliphatic heterocycles. The summed E-state index contributed by atoms with van der Waals surface area (Å²) in [5.74, 6) is -2.79. The highest BCUT2D eigenvalue weighted by Gasteiger charge is 2.41. The molecule has 14 heteroatoms. The molecule has 46 heavy (non-hydrogen) atoms. The van der Waals surface area contributed by atoms with Crippen LogP contribution in [-0.2, 0) is 28.5 Å². The van der Waals surface area contributed by atoms with Crippen molar-refractivity contribution in [3.05, 3.63) is 135 Å². The van der Waals surface area contributed by atoms with Gasteiger partial charge in [0.05, 0.1) is 31.8 Å². The summed E-state index contributed by atoms with van der Waals surface area (Å²) in [6, 6.07) is 25.1. The van der Waals surface area contributed by atoms with E-state index in [2.05, 4.69) is 0 Å². The molecule has 238 valence electrons. The second kappa shape index (κ2) is 15.8. The van der Waals surface area contributed by atoms with E-state index in [0.717, 1.165) is 12.1 Å². The van der Waals surface area contributed by atoms with Crippen molar-refractivity contribution in [3.63, 3.8) is 0 Å². The zero-order chi connectivity index (χ0) is 33.3. The Hall–Kier alpha value is -4.26.